The minimum atomic E-state index is -0.972. The van der Waals surface area contributed by atoms with Crippen LogP contribution in [-0.2, 0) is 23.9 Å². The Kier molecular flexibility index (Phi) is 7.22. The average molecular weight is 358 g/mol. The number of hydroxylamine groups is 2. The summed E-state index contributed by atoms with van der Waals surface area (Å²) in [5, 5.41) is 3.79. The van der Waals surface area contributed by atoms with E-state index in [2.05, 4.69) is 5.32 Å². The quantitative estimate of drug-likeness (QED) is 0.757. The Morgan fingerprint density at radius 3 is 2.16 bits per heavy atom. The van der Waals surface area contributed by atoms with E-state index in [0.29, 0.717) is 13.2 Å². The maximum absolute atomic E-state index is 12.3. The molecule has 0 aromatic heterocycles. The molecule has 1 fully saturated rings. The van der Waals surface area contributed by atoms with Gasteiger partial charge in [0.15, 0.2) is 0 Å². The van der Waals surface area contributed by atoms with Crippen molar-refractivity contribution < 1.29 is 28.7 Å². The Labute approximate surface area is 149 Å². The van der Waals surface area contributed by atoms with Gasteiger partial charge < -0.3 is 14.8 Å². The highest BCUT2D eigenvalue weighted by atomic mass is 16.7. The molecule has 0 radical (unpaired) electrons. The highest BCUT2D eigenvalue weighted by Crippen LogP contribution is 2.14. The maximum Gasteiger partial charge on any atom is 0.408 e. The van der Waals surface area contributed by atoms with Gasteiger partial charge in [0.2, 0.25) is 5.91 Å². The fourth-order valence-corrected chi connectivity index (χ4v) is 2.11. The van der Waals surface area contributed by atoms with Crippen molar-refractivity contribution in [2.75, 3.05) is 13.2 Å². The van der Waals surface area contributed by atoms with E-state index in [4.69, 9.17) is 14.3 Å². The first kappa shape index (κ1) is 21.2. The summed E-state index contributed by atoms with van der Waals surface area (Å²) in [4.78, 5) is 41.6. The number of carbonyl (C=O) groups is 3. The summed E-state index contributed by atoms with van der Waals surface area (Å²) < 4.78 is 10.5. The van der Waals surface area contributed by atoms with Gasteiger partial charge in [-0.15, -0.1) is 0 Å². The van der Waals surface area contributed by atoms with Crippen molar-refractivity contribution in [3.05, 3.63) is 0 Å². The third-order valence-corrected chi connectivity index (χ3v) is 3.06. The summed E-state index contributed by atoms with van der Waals surface area (Å²) in [5.41, 5.74) is -1.39. The normalized spacial score (nSPS) is 16.3. The van der Waals surface area contributed by atoms with Crippen LogP contribution < -0.4 is 5.32 Å². The van der Waals surface area contributed by atoms with Gasteiger partial charge in [-0.2, -0.15) is 0 Å². The number of alkyl carbamates (subject to hydrolysis) is 1. The number of ether oxygens (including phenoxy) is 2. The molecule has 1 N–H and O–H groups in total. The van der Waals surface area contributed by atoms with E-state index in [0.717, 1.165) is 6.42 Å². The van der Waals surface area contributed by atoms with Gasteiger partial charge >= 0.3 is 12.1 Å². The molecule has 1 heterocycles. The molecule has 144 valence electrons. The molecule has 0 unspecified atom stereocenters. The molecule has 8 nitrogen and oxygen atoms in total. The molecule has 1 atom stereocenters. The Morgan fingerprint density at radius 2 is 1.68 bits per heavy atom. The fourth-order valence-electron chi connectivity index (χ4n) is 2.11. The topological polar surface area (TPSA) is 94.2 Å². The smallest absolute Gasteiger partial charge is 0.408 e. The summed E-state index contributed by atoms with van der Waals surface area (Å²) in [5.74, 6) is -0.828. The summed E-state index contributed by atoms with van der Waals surface area (Å²) in [7, 11) is 0. The Bertz CT molecular complexity index is 486. The summed E-state index contributed by atoms with van der Waals surface area (Å²) in [6.07, 6.45) is 0.220. The van der Waals surface area contributed by atoms with E-state index in [1.165, 1.54) is 5.06 Å². The molecular formula is C17H30N2O6. The number of nitrogens with one attached hydrogen (secondary N) is 1. The predicted octanol–water partition coefficient (Wildman–Crippen LogP) is 2.17. The van der Waals surface area contributed by atoms with Crippen molar-refractivity contribution in [1.82, 2.24) is 10.4 Å². The van der Waals surface area contributed by atoms with Crippen molar-refractivity contribution in [2.24, 2.45) is 0 Å². The molecule has 1 aliphatic rings. The van der Waals surface area contributed by atoms with Crippen LogP contribution in [0.3, 0.4) is 0 Å². The summed E-state index contributed by atoms with van der Waals surface area (Å²) in [6.45, 7) is 11.4. The van der Waals surface area contributed by atoms with Gasteiger partial charge in [0, 0.05) is 6.42 Å². The highest BCUT2D eigenvalue weighted by molar-refractivity contribution is 5.83. The molecule has 0 saturated carbocycles. The number of amides is 2. The molecule has 1 saturated heterocycles. The van der Waals surface area contributed by atoms with Crippen molar-refractivity contribution in [3.8, 4) is 0 Å². The van der Waals surface area contributed by atoms with E-state index in [9.17, 15) is 14.4 Å². The van der Waals surface area contributed by atoms with Gasteiger partial charge in [-0.05, 0) is 54.4 Å². The molecule has 8 heteroatoms. The molecule has 0 aliphatic carbocycles. The van der Waals surface area contributed by atoms with Crippen molar-refractivity contribution in [3.63, 3.8) is 0 Å². The molecule has 0 aromatic rings. The van der Waals surface area contributed by atoms with Crippen LogP contribution in [0.5, 0.6) is 0 Å². The third-order valence-electron chi connectivity index (χ3n) is 3.06. The minimum Gasteiger partial charge on any atom is -0.458 e. The second kappa shape index (κ2) is 8.51. The van der Waals surface area contributed by atoms with Crippen LogP contribution >= 0.6 is 0 Å². The molecule has 2 amide bonds. The first-order chi connectivity index (χ1) is 11.4. The molecule has 0 bridgehead atoms. The van der Waals surface area contributed by atoms with Gasteiger partial charge in [0.1, 0.15) is 17.2 Å². The Morgan fingerprint density at radius 1 is 1.08 bits per heavy atom. The van der Waals surface area contributed by atoms with Gasteiger partial charge in [0.25, 0.3) is 0 Å². The van der Waals surface area contributed by atoms with Gasteiger partial charge in [-0.25, -0.2) is 14.7 Å². The number of rotatable bonds is 5. The lowest BCUT2D eigenvalue weighted by molar-refractivity contribution is -0.169. The van der Waals surface area contributed by atoms with Crippen LogP contribution in [-0.4, -0.2) is 53.4 Å². The van der Waals surface area contributed by atoms with Crippen LogP contribution in [0.4, 0.5) is 4.79 Å². The molecular weight excluding hydrogens is 328 g/mol. The van der Waals surface area contributed by atoms with Crippen LogP contribution in [0, 0.1) is 0 Å². The minimum absolute atomic E-state index is 0.0553. The lowest BCUT2D eigenvalue weighted by Gasteiger charge is -2.26. The number of hydrogen-bond donors (Lipinski definition) is 1. The zero-order valence-corrected chi connectivity index (χ0v) is 16.0. The first-order valence-electron chi connectivity index (χ1n) is 8.53. The summed E-state index contributed by atoms with van der Waals surface area (Å²) >= 11 is 0. The van der Waals surface area contributed by atoms with Gasteiger partial charge in [-0.1, -0.05) is 0 Å². The van der Waals surface area contributed by atoms with Crippen molar-refractivity contribution in [1.29, 1.82) is 0 Å². The van der Waals surface area contributed by atoms with Crippen LogP contribution in [0.2, 0.25) is 0 Å². The van der Waals surface area contributed by atoms with Crippen molar-refractivity contribution >= 4 is 18.0 Å². The zero-order chi connectivity index (χ0) is 19.3. The lowest BCUT2D eigenvalue weighted by atomic mass is 10.1. The van der Waals surface area contributed by atoms with Gasteiger partial charge in [0.05, 0.1) is 13.2 Å². The number of nitrogens with zero attached hydrogens (tertiary/aromatic N) is 1. The van der Waals surface area contributed by atoms with Crippen LogP contribution in [0.15, 0.2) is 0 Å². The van der Waals surface area contributed by atoms with E-state index >= 15 is 0 Å². The van der Waals surface area contributed by atoms with Crippen LogP contribution in [0.25, 0.3) is 0 Å². The first-order valence-corrected chi connectivity index (χ1v) is 8.53. The fraction of sp³-hybridized carbons (Fsp3) is 0.824. The van der Waals surface area contributed by atoms with E-state index < -0.39 is 29.3 Å². The number of esters is 1. The molecule has 0 aromatic carbocycles. The van der Waals surface area contributed by atoms with Crippen molar-refractivity contribution in [2.45, 2.75) is 78.0 Å². The number of hydrogen-bond acceptors (Lipinski definition) is 6. The third kappa shape index (κ3) is 8.72. The standard InChI is InChI=1S/C17H30N2O6/c1-16(2,3)24-14(21)12(18-15(22)25-17(4,5)6)8-9-13(20)19-10-7-11-23-19/h12H,7-11H2,1-6H3,(H,18,22)/t12-/m0/s1. The largest absolute Gasteiger partial charge is 0.458 e. The van der Waals surface area contributed by atoms with E-state index in [1.54, 1.807) is 41.5 Å². The van der Waals surface area contributed by atoms with E-state index in [-0.39, 0.29) is 18.7 Å². The average Bonchev–Trinajstić information content (AvgIpc) is 2.92. The van der Waals surface area contributed by atoms with E-state index in [1.807, 2.05) is 0 Å². The molecule has 0 spiro atoms. The Balaban J connectivity index is 2.67. The molecule has 1 aliphatic heterocycles. The lowest BCUT2D eigenvalue weighted by Crippen LogP contribution is -2.46. The summed E-state index contributed by atoms with van der Waals surface area (Å²) in [6, 6.07) is -0.972. The molecule has 1 rings (SSSR count). The number of carbonyl (C=O) groups excluding carboxylic acids is 3. The second-order valence-corrected chi connectivity index (χ2v) is 7.95. The highest BCUT2D eigenvalue weighted by Gasteiger charge is 2.30. The Hall–Kier alpha value is -1.83. The maximum atomic E-state index is 12.3. The molecule has 25 heavy (non-hydrogen) atoms. The van der Waals surface area contributed by atoms with Crippen LogP contribution in [0.1, 0.15) is 60.8 Å². The predicted molar refractivity (Wildman–Crippen MR) is 90.5 cm³/mol. The second-order valence-electron chi connectivity index (χ2n) is 7.95. The zero-order valence-electron chi connectivity index (χ0n) is 16.0. The monoisotopic (exact) mass is 358 g/mol. The van der Waals surface area contributed by atoms with Gasteiger partial charge in [-0.3, -0.25) is 9.63 Å². The SMILES string of the molecule is CC(C)(C)OC(=O)N[C@@H](CCC(=O)N1CCCO1)C(=O)OC(C)(C)C.